The van der Waals surface area contributed by atoms with Crippen LogP contribution in [-0.4, -0.2) is 61.1 Å². The van der Waals surface area contributed by atoms with E-state index >= 15 is 0 Å². The van der Waals surface area contributed by atoms with E-state index in [1.54, 1.807) is 7.11 Å². The molecule has 6 nitrogen and oxygen atoms in total. The van der Waals surface area contributed by atoms with Gasteiger partial charge in [0, 0.05) is 39.0 Å². The van der Waals surface area contributed by atoms with Crippen molar-refractivity contribution in [2.24, 2.45) is 0 Å². The topological polar surface area (TPSA) is 53.1 Å². The van der Waals surface area contributed by atoms with Gasteiger partial charge in [-0.25, -0.2) is 0 Å². The first-order valence-electron chi connectivity index (χ1n) is 9.12. The van der Waals surface area contributed by atoms with Crippen LogP contribution in [-0.2, 0) is 9.59 Å². The van der Waals surface area contributed by atoms with E-state index in [2.05, 4.69) is 22.8 Å². The van der Waals surface area contributed by atoms with Gasteiger partial charge in [0.25, 0.3) is 0 Å². The molecule has 2 heterocycles. The van der Waals surface area contributed by atoms with Gasteiger partial charge >= 0.3 is 0 Å². The molecule has 144 valence electrons. The van der Waals surface area contributed by atoms with Crippen LogP contribution in [0.3, 0.4) is 0 Å². The van der Waals surface area contributed by atoms with E-state index in [0.29, 0.717) is 12.8 Å². The third-order valence-electron chi connectivity index (χ3n) is 5.10. The monoisotopic (exact) mass is 381 g/mol. The van der Waals surface area contributed by atoms with Crippen LogP contribution >= 0.6 is 12.4 Å². The van der Waals surface area contributed by atoms with E-state index in [-0.39, 0.29) is 30.4 Å². The van der Waals surface area contributed by atoms with Crippen molar-refractivity contribution in [1.29, 1.82) is 0 Å². The Labute approximate surface area is 161 Å². The number of rotatable bonds is 6. The number of ether oxygens (including phenoxy) is 1. The van der Waals surface area contributed by atoms with Gasteiger partial charge in [0.1, 0.15) is 5.75 Å². The molecular weight excluding hydrogens is 354 g/mol. The van der Waals surface area contributed by atoms with Crippen molar-refractivity contribution in [2.45, 2.75) is 38.8 Å². The molecule has 0 saturated carbocycles. The third-order valence-corrected chi connectivity index (χ3v) is 5.10. The molecule has 2 aliphatic rings. The average molecular weight is 382 g/mol. The second kappa shape index (κ2) is 9.24. The van der Waals surface area contributed by atoms with Crippen LogP contribution in [0.15, 0.2) is 24.3 Å². The summed E-state index contributed by atoms with van der Waals surface area (Å²) in [5, 5.41) is 0. The minimum absolute atomic E-state index is 0. The van der Waals surface area contributed by atoms with E-state index in [1.807, 2.05) is 18.2 Å². The van der Waals surface area contributed by atoms with Crippen molar-refractivity contribution in [2.75, 3.05) is 38.2 Å². The summed E-state index contributed by atoms with van der Waals surface area (Å²) in [4.78, 5) is 30.4. The second-order valence-corrected chi connectivity index (χ2v) is 6.62. The highest BCUT2D eigenvalue weighted by Gasteiger charge is 2.38. The van der Waals surface area contributed by atoms with E-state index < -0.39 is 0 Å². The number of halogens is 1. The van der Waals surface area contributed by atoms with Crippen molar-refractivity contribution in [3.05, 3.63) is 24.3 Å². The predicted molar refractivity (Wildman–Crippen MR) is 104 cm³/mol. The van der Waals surface area contributed by atoms with E-state index in [0.717, 1.165) is 50.5 Å². The molecule has 2 fully saturated rings. The first kappa shape index (κ1) is 20.5. The van der Waals surface area contributed by atoms with Gasteiger partial charge in [-0.15, -0.1) is 12.4 Å². The molecule has 0 aliphatic carbocycles. The highest BCUT2D eigenvalue weighted by atomic mass is 35.5. The van der Waals surface area contributed by atoms with Crippen LogP contribution in [0, 0.1) is 0 Å². The summed E-state index contributed by atoms with van der Waals surface area (Å²) in [6.45, 7) is 5.48. The number of carbonyl (C=O) groups is 2. The molecule has 0 radical (unpaired) electrons. The van der Waals surface area contributed by atoms with E-state index in [9.17, 15) is 9.59 Å². The second-order valence-electron chi connectivity index (χ2n) is 6.62. The molecule has 0 N–H and O–H groups in total. The fraction of sp³-hybridized carbons (Fsp3) is 0.579. The molecule has 26 heavy (non-hydrogen) atoms. The van der Waals surface area contributed by atoms with Crippen LogP contribution in [0.2, 0.25) is 0 Å². The number of imide groups is 1. The molecule has 7 heteroatoms. The van der Waals surface area contributed by atoms with Crippen molar-refractivity contribution in [1.82, 2.24) is 9.80 Å². The summed E-state index contributed by atoms with van der Waals surface area (Å²) in [7, 11) is 1.69. The van der Waals surface area contributed by atoms with Crippen molar-refractivity contribution in [3.63, 3.8) is 0 Å². The number of likely N-dealkylation sites (tertiary alicyclic amines) is 1. The maximum Gasteiger partial charge on any atom is 0.231 e. The van der Waals surface area contributed by atoms with E-state index in [4.69, 9.17) is 4.74 Å². The average Bonchev–Trinajstić information content (AvgIpc) is 2.98. The Morgan fingerprint density at radius 1 is 1.04 bits per heavy atom. The zero-order chi connectivity index (χ0) is 17.8. The molecule has 3 rings (SSSR count). The summed E-state index contributed by atoms with van der Waals surface area (Å²) < 4.78 is 5.47. The quantitative estimate of drug-likeness (QED) is 0.709. The van der Waals surface area contributed by atoms with Crippen LogP contribution in [0.5, 0.6) is 5.75 Å². The minimum Gasteiger partial charge on any atom is -0.495 e. The number of anilines is 1. The largest absolute Gasteiger partial charge is 0.495 e. The molecule has 0 spiro atoms. The van der Waals surface area contributed by atoms with Crippen LogP contribution in [0.1, 0.15) is 32.6 Å². The lowest BCUT2D eigenvalue weighted by atomic mass is 10.1. The van der Waals surface area contributed by atoms with Gasteiger partial charge in [0.2, 0.25) is 11.8 Å². The highest BCUT2D eigenvalue weighted by Crippen LogP contribution is 2.29. The molecule has 0 aromatic heterocycles. The molecular formula is C19H28ClN3O3. The highest BCUT2D eigenvalue weighted by molar-refractivity contribution is 6.02. The van der Waals surface area contributed by atoms with Crippen LogP contribution < -0.4 is 9.64 Å². The lowest BCUT2D eigenvalue weighted by Crippen LogP contribution is -2.57. The van der Waals surface area contributed by atoms with Crippen molar-refractivity contribution in [3.8, 4) is 5.75 Å². The Kier molecular flexibility index (Phi) is 7.29. The Balaban J connectivity index is 0.00000243. The molecule has 2 saturated heterocycles. The minimum atomic E-state index is -0.0904. The zero-order valence-electron chi connectivity index (χ0n) is 15.5. The van der Waals surface area contributed by atoms with Gasteiger partial charge in [-0.3, -0.25) is 19.4 Å². The number of hydrogen-bond acceptors (Lipinski definition) is 5. The van der Waals surface area contributed by atoms with Gasteiger partial charge in [0.05, 0.1) is 19.0 Å². The Morgan fingerprint density at radius 3 is 2.23 bits per heavy atom. The van der Waals surface area contributed by atoms with Gasteiger partial charge in [-0.2, -0.15) is 0 Å². The number of carbonyl (C=O) groups excluding carboxylic acids is 2. The summed E-state index contributed by atoms with van der Waals surface area (Å²) in [5.41, 5.74) is 1.10. The van der Waals surface area contributed by atoms with Crippen LogP contribution in [0.4, 0.5) is 5.69 Å². The number of para-hydroxylation sites is 2. The lowest BCUT2D eigenvalue weighted by Gasteiger charge is -2.42. The first-order chi connectivity index (χ1) is 12.2. The van der Waals surface area contributed by atoms with Crippen molar-refractivity contribution < 1.29 is 14.3 Å². The molecule has 1 aromatic rings. The molecule has 1 aromatic carbocycles. The molecule has 1 atom stereocenters. The maximum atomic E-state index is 12.2. The molecule has 0 bridgehead atoms. The molecule has 2 amide bonds. The number of benzene rings is 1. The Bertz CT molecular complexity index is 616. The first-order valence-corrected chi connectivity index (χ1v) is 9.12. The number of amides is 2. The standard InChI is InChI=1S/C19H27N3O3.ClH/c1-3-6-17(22-18(23)9-10-19(22)24)21-13-11-20(12-14-21)15-7-4-5-8-16(15)25-2;/h4-5,7-8,17H,3,6,9-14H2,1-2H3;1H. The number of nitrogens with zero attached hydrogens (tertiary/aromatic N) is 3. The number of methoxy groups -OCH3 is 1. The summed E-state index contributed by atoms with van der Waals surface area (Å²) >= 11 is 0. The molecule has 2 aliphatic heterocycles. The third kappa shape index (κ3) is 4.13. The van der Waals surface area contributed by atoms with Gasteiger partial charge in [-0.05, 0) is 18.6 Å². The number of piperazine rings is 1. The zero-order valence-corrected chi connectivity index (χ0v) is 16.3. The van der Waals surface area contributed by atoms with E-state index in [1.165, 1.54) is 4.90 Å². The Morgan fingerprint density at radius 2 is 1.65 bits per heavy atom. The Hall–Kier alpha value is -1.79. The normalized spacial score (nSPS) is 19.5. The fourth-order valence-corrected chi connectivity index (χ4v) is 3.81. The molecule has 1 unspecified atom stereocenters. The van der Waals surface area contributed by atoms with Gasteiger partial charge in [-0.1, -0.05) is 25.5 Å². The van der Waals surface area contributed by atoms with Crippen molar-refractivity contribution >= 4 is 29.9 Å². The van der Waals surface area contributed by atoms with Crippen LogP contribution in [0.25, 0.3) is 0 Å². The summed E-state index contributed by atoms with van der Waals surface area (Å²) in [6.07, 6.45) is 2.42. The smallest absolute Gasteiger partial charge is 0.231 e. The SMILES string of the molecule is CCCC(N1CCN(c2ccccc2OC)CC1)N1C(=O)CCC1=O.Cl. The van der Waals surface area contributed by atoms with Gasteiger partial charge in [0.15, 0.2) is 0 Å². The lowest BCUT2D eigenvalue weighted by molar-refractivity contribution is -0.146. The fourth-order valence-electron chi connectivity index (χ4n) is 3.81. The predicted octanol–water partition coefficient (Wildman–Crippen LogP) is 2.51. The van der Waals surface area contributed by atoms with Gasteiger partial charge < -0.3 is 9.64 Å². The summed E-state index contributed by atoms with van der Waals surface area (Å²) in [5.74, 6) is 0.845. The number of hydrogen-bond donors (Lipinski definition) is 0. The maximum absolute atomic E-state index is 12.2. The summed E-state index contributed by atoms with van der Waals surface area (Å²) in [6, 6.07) is 8.04.